The van der Waals surface area contributed by atoms with Gasteiger partial charge >= 0.3 is 0 Å². The van der Waals surface area contributed by atoms with Gasteiger partial charge in [0.25, 0.3) is 0 Å². The molecule has 1 aromatic rings. The van der Waals surface area contributed by atoms with Crippen LogP contribution in [0.2, 0.25) is 0 Å². The van der Waals surface area contributed by atoms with Crippen LogP contribution in [-0.4, -0.2) is 18.3 Å². The van der Waals surface area contributed by atoms with E-state index in [-0.39, 0.29) is 5.56 Å². The zero-order valence-electron chi connectivity index (χ0n) is 8.12. The Labute approximate surface area is 86.4 Å². The first kappa shape index (κ1) is 8.97. The molecular formula is C11H11FO3. The molecule has 1 aromatic carbocycles. The molecular weight excluding hydrogens is 199 g/mol. The molecule has 0 saturated heterocycles. The fourth-order valence-corrected chi connectivity index (χ4v) is 1.89. The molecule has 15 heavy (non-hydrogen) atoms. The van der Waals surface area contributed by atoms with E-state index in [1.54, 1.807) is 6.07 Å². The molecule has 4 heteroatoms. The van der Waals surface area contributed by atoms with Crippen molar-refractivity contribution in [3.63, 3.8) is 0 Å². The first-order valence-corrected chi connectivity index (χ1v) is 5.02. The number of rotatable bonds is 1. The van der Waals surface area contributed by atoms with Gasteiger partial charge in [-0.1, -0.05) is 0 Å². The Kier molecular flexibility index (Phi) is 1.71. The summed E-state index contributed by atoms with van der Waals surface area (Å²) < 4.78 is 24.3. The maximum atomic E-state index is 13.6. The van der Waals surface area contributed by atoms with E-state index in [1.165, 1.54) is 6.07 Å². The third-order valence-electron chi connectivity index (χ3n) is 2.85. The highest BCUT2D eigenvalue weighted by Gasteiger charge is 2.47. The van der Waals surface area contributed by atoms with Crippen LogP contribution in [0.15, 0.2) is 12.1 Å². The van der Waals surface area contributed by atoms with Crippen molar-refractivity contribution in [2.75, 3.05) is 13.2 Å². The SMILES string of the molecule is OC1(c2c(F)ccc3c2OCCO3)CC1. The second-order valence-corrected chi connectivity index (χ2v) is 3.98. The standard InChI is InChI=1S/C11H11FO3/c12-7-1-2-8-10(15-6-5-14-8)9(7)11(13)3-4-11/h1-2,13H,3-6H2. The van der Waals surface area contributed by atoms with Crippen molar-refractivity contribution in [1.82, 2.24) is 0 Å². The van der Waals surface area contributed by atoms with Crippen LogP contribution in [0.5, 0.6) is 11.5 Å². The van der Waals surface area contributed by atoms with Crippen molar-refractivity contribution in [2.45, 2.75) is 18.4 Å². The summed E-state index contributed by atoms with van der Waals surface area (Å²) in [5.74, 6) is 0.485. The van der Waals surface area contributed by atoms with E-state index in [2.05, 4.69) is 0 Å². The van der Waals surface area contributed by atoms with Gasteiger partial charge in [-0.25, -0.2) is 4.39 Å². The molecule has 3 nitrogen and oxygen atoms in total. The summed E-state index contributed by atoms with van der Waals surface area (Å²) in [6, 6.07) is 2.86. The highest BCUT2D eigenvalue weighted by molar-refractivity contribution is 5.52. The van der Waals surface area contributed by atoms with E-state index in [4.69, 9.17) is 9.47 Å². The Bertz CT molecular complexity index is 413. The zero-order chi connectivity index (χ0) is 10.5. The fraction of sp³-hybridized carbons (Fsp3) is 0.455. The average molecular weight is 210 g/mol. The number of aliphatic hydroxyl groups is 1. The molecule has 1 aliphatic heterocycles. The molecule has 0 spiro atoms. The van der Waals surface area contributed by atoms with E-state index >= 15 is 0 Å². The Morgan fingerprint density at radius 2 is 1.93 bits per heavy atom. The quantitative estimate of drug-likeness (QED) is 0.764. The number of fused-ring (bicyclic) bond motifs is 1. The number of benzene rings is 1. The van der Waals surface area contributed by atoms with Crippen LogP contribution in [0.4, 0.5) is 4.39 Å². The van der Waals surface area contributed by atoms with Gasteiger partial charge in [0.2, 0.25) is 0 Å². The molecule has 3 rings (SSSR count). The van der Waals surface area contributed by atoms with E-state index in [9.17, 15) is 9.50 Å². The molecule has 0 aromatic heterocycles. The first-order valence-electron chi connectivity index (χ1n) is 5.02. The van der Waals surface area contributed by atoms with Gasteiger partial charge in [0.1, 0.15) is 19.0 Å². The second-order valence-electron chi connectivity index (χ2n) is 3.98. The molecule has 0 atom stereocenters. The predicted octanol–water partition coefficient (Wildman–Crippen LogP) is 1.58. The van der Waals surface area contributed by atoms with E-state index < -0.39 is 11.4 Å². The van der Waals surface area contributed by atoms with Crippen molar-refractivity contribution in [3.8, 4) is 11.5 Å². The monoisotopic (exact) mass is 210 g/mol. The Balaban J connectivity index is 2.18. The molecule has 1 heterocycles. The highest BCUT2D eigenvalue weighted by atomic mass is 19.1. The molecule has 1 aliphatic carbocycles. The summed E-state index contributed by atoms with van der Waals surface area (Å²) in [6.07, 6.45) is 1.17. The Morgan fingerprint density at radius 3 is 2.67 bits per heavy atom. The molecule has 0 amide bonds. The minimum atomic E-state index is -1.03. The van der Waals surface area contributed by atoms with Crippen LogP contribution in [0.1, 0.15) is 18.4 Å². The van der Waals surface area contributed by atoms with Crippen LogP contribution < -0.4 is 9.47 Å². The van der Waals surface area contributed by atoms with Gasteiger partial charge in [-0.3, -0.25) is 0 Å². The lowest BCUT2D eigenvalue weighted by atomic mass is 10.0. The molecule has 0 unspecified atom stereocenters. The number of ether oxygens (including phenoxy) is 2. The average Bonchev–Trinajstić information content (AvgIpc) is 2.97. The lowest BCUT2D eigenvalue weighted by Gasteiger charge is -2.23. The lowest BCUT2D eigenvalue weighted by Crippen LogP contribution is -2.20. The molecule has 0 bridgehead atoms. The first-order chi connectivity index (χ1) is 7.21. The van der Waals surface area contributed by atoms with Crippen molar-refractivity contribution in [2.24, 2.45) is 0 Å². The summed E-state index contributed by atoms with van der Waals surface area (Å²) >= 11 is 0. The molecule has 2 aliphatic rings. The minimum absolute atomic E-state index is 0.264. The van der Waals surface area contributed by atoms with Crippen molar-refractivity contribution >= 4 is 0 Å². The zero-order valence-corrected chi connectivity index (χ0v) is 8.12. The van der Waals surface area contributed by atoms with Gasteiger partial charge in [-0.05, 0) is 25.0 Å². The summed E-state index contributed by atoms with van der Waals surface area (Å²) in [4.78, 5) is 0. The maximum Gasteiger partial charge on any atom is 0.170 e. The van der Waals surface area contributed by atoms with Crippen molar-refractivity contribution in [1.29, 1.82) is 0 Å². The topological polar surface area (TPSA) is 38.7 Å². The van der Waals surface area contributed by atoms with Gasteiger partial charge in [-0.2, -0.15) is 0 Å². The lowest BCUT2D eigenvalue weighted by molar-refractivity contribution is 0.125. The number of halogens is 1. The molecule has 1 N–H and O–H groups in total. The van der Waals surface area contributed by atoms with Gasteiger partial charge < -0.3 is 14.6 Å². The van der Waals surface area contributed by atoms with Crippen LogP contribution >= 0.6 is 0 Å². The van der Waals surface area contributed by atoms with Crippen LogP contribution in [0, 0.1) is 5.82 Å². The summed E-state index contributed by atoms with van der Waals surface area (Å²) in [7, 11) is 0. The largest absolute Gasteiger partial charge is 0.486 e. The molecule has 0 radical (unpaired) electrons. The normalized spacial score (nSPS) is 21.2. The summed E-state index contributed by atoms with van der Waals surface area (Å²) in [6.45, 7) is 0.871. The number of hydrogen-bond donors (Lipinski definition) is 1. The third-order valence-corrected chi connectivity index (χ3v) is 2.85. The van der Waals surface area contributed by atoms with Crippen LogP contribution in [0.3, 0.4) is 0 Å². The van der Waals surface area contributed by atoms with E-state index in [0.717, 1.165) is 0 Å². The van der Waals surface area contributed by atoms with Crippen LogP contribution in [-0.2, 0) is 5.60 Å². The van der Waals surface area contributed by atoms with E-state index in [0.29, 0.717) is 37.6 Å². The van der Waals surface area contributed by atoms with Crippen LogP contribution in [0.25, 0.3) is 0 Å². The molecule has 1 fully saturated rings. The van der Waals surface area contributed by atoms with Gasteiger partial charge in [0.15, 0.2) is 11.5 Å². The summed E-state index contributed by atoms with van der Waals surface area (Å²) in [5.41, 5.74) is -0.768. The predicted molar refractivity (Wildman–Crippen MR) is 50.5 cm³/mol. The molecule has 1 saturated carbocycles. The molecule has 80 valence electrons. The third kappa shape index (κ3) is 1.28. The maximum absolute atomic E-state index is 13.6. The van der Waals surface area contributed by atoms with Gasteiger partial charge in [0.05, 0.1) is 11.2 Å². The second kappa shape index (κ2) is 2.85. The number of hydrogen-bond acceptors (Lipinski definition) is 3. The highest BCUT2D eigenvalue weighted by Crippen LogP contribution is 2.52. The fourth-order valence-electron chi connectivity index (χ4n) is 1.89. The Morgan fingerprint density at radius 1 is 1.20 bits per heavy atom. The smallest absolute Gasteiger partial charge is 0.170 e. The van der Waals surface area contributed by atoms with Crippen molar-refractivity contribution in [3.05, 3.63) is 23.5 Å². The minimum Gasteiger partial charge on any atom is -0.486 e. The van der Waals surface area contributed by atoms with Gasteiger partial charge in [0, 0.05) is 0 Å². The van der Waals surface area contributed by atoms with E-state index in [1.807, 2.05) is 0 Å². The Hall–Kier alpha value is -1.29. The summed E-state index contributed by atoms with van der Waals surface area (Å²) in [5, 5.41) is 9.96. The van der Waals surface area contributed by atoms with Crippen molar-refractivity contribution < 1.29 is 19.0 Å². The van der Waals surface area contributed by atoms with Gasteiger partial charge in [-0.15, -0.1) is 0 Å².